The average Bonchev–Trinajstić information content (AvgIpc) is 3.24. The summed E-state index contributed by atoms with van der Waals surface area (Å²) in [6.07, 6.45) is 3.43. The second-order valence-corrected chi connectivity index (χ2v) is 11.2. The Kier molecular flexibility index (Phi) is 5.84. The maximum atomic E-state index is 6.01. The minimum atomic E-state index is 0.172. The van der Waals surface area contributed by atoms with Gasteiger partial charge in [-0.25, -0.2) is 0 Å². The first-order valence-corrected chi connectivity index (χ1v) is 12.0. The normalized spacial score (nSPS) is 21.9. The van der Waals surface area contributed by atoms with E-state index in [-0.39, 0.29) is 10.8 Å². The van der Waals surface area contributed by atoms with Crippen LogP contribution in [-0.4, -0.2) is 31.9 Å². The molecule has 1 atom stereocenters. The lowest BCUT2D eigenvalue weighted by Crippen LogP contribution is -2.33. The molecule has 1 N–H and O–H groups in total. The van der Waals surface area contributed by atoms with Crippen LogP contribution in [0.15, 0.2) is 30.3 Å². The first-order valence-electron chi connectivity index (χ1n) is 11.0. The number of methoxy groups -OCH3 is 2. The predicted octanol–water partition coefficient (Wildman–Crippen LogP) is 5.92. The molecular weight excluding hydrogens is 390 g/mol. The Bertz CT molecular complexity index is 929. The zero-order chi connectivity index (χ0) is 21.5. The molecule has 162 valence electrons. The van der Waals surface area contributed by atoms with Crippen molar-refractivity contribution in [3.8, 4) is 22.6 Å². The Morgan fingerprint density at radius 3 is 2.33 bits per heavy atom. The smallest absolute Gasteiger partial charge is 0.133 e. The van der Waals surface area contributed by atoms with Gasteiger partial charge in [-0.15, -0.1) is 11.8 Å². The molecular formula is C26H35NO2S. The second-order valence-electron chi connectivity index (χ2n) is 9.95. The summed E-state index contributed by atoms with van der Waals surface area (Å²) in [5, 5.41) is 4.03. The van der Waals surface area contributed by atoms with Crippen LogP contribution < -0.4 is 14.8 Å². The van der Waals surface area contributed by atoms with E-state index < -0.39 is 0 Å². The van der Waals surface area contributed by atoms with Crippen molar-refractivity contribution in [1.29, 1.82) is 0 Å². The SMILES string of the molecule is COc1ccc(CC2CNCS2)c(OC)c1-c1ccc2c(c1)C(C)(C)CCC2(C)C. The third-order valence-electron chi connectivity index (χ3n) is 7.01. The molecule has 1 unspecified atom stereocenters. The Morgan fingerprint density at radius 2 is 1.70 bits per heavy atom. The summed E-state index contributed by atoms with van der Waals surface area (Å²) in [5.41, 5.74) is 6.85. The lowest BCUT2D eigenvalue weighted by atomic mass is 9.63. The number of benzene rings is 2. The van der Waals surface area contributed by atoms with Crippen molar-refractivity contribution in [2.45, 2.75) is 63.0 Å². The van der Waals surface area contributed by atoms with E-state index in [0.717, 1.165) is 35.9 Å². The summed E-state index contributed by atoms with van der Waals surface area (Å²) >= 11 is 1.99. The van der Waals surface area contributed by atoms with E-state index in [0.29, 0.717) is 5.25 Å². The number of hydrogen-bond acceptors (Lipinski definition) is 4. The van der Waals surface area contributed by atoms with E-state index in [1.807, 2.05) is 11.8 Å². The van der Waals surface area contributed by atoms with Crippen LogP contribution in [0.1, 0.15) is 57.2 Å². The molecule has 1 aliphatic heterocycles. The summed E-state index contributed by atoms with van der Waals surface area (Å²) in [7, 11) is 3.54. The van der Waals surface area contributed by atoms with Crippen molar-refractivity contribution in [2.75, 3.05) is 26.6 Å². The van der Waals surface area contributed by atoms with Gasteiger partial charge in [-0.05, 0) is 58.4 Å². The van der Waals surface area contributed by atoms with Crippen molar-refractivity contribution in [2.24, 2.45) is 0 Å². The van der Waals surface area contributed by atoms with Gasteiger partial charge in [-0.1, -0.05) is 52.0 Å². The number of ether oxygens (including phenoxy) is 2. The monoisotopic (exact) mass is 425 g/mol. The Labute approximate surface area is 185 Å². The lowest BCUT2D eigenvalue weighted by Gasteiger charge is -2.42. The summed E-state index contributed by atoms with van der Waals surface area (Å²) < 4.78 is 11.8. The van der Waals surface area contributed by atoms with Gasteiger partial charge in [0.25, 0.3) is 0 Å². The zero-order valence-corrected chi connectivity index (χ0v) is 20.0. The van der Waals surface area contributed by atoms with E-state index in [9.17, 15) is 0 Å². The van der Waals surface area contributed by atoms with Gasteiger partial charge < -0.3 is 14.8 Å². The van der Waals surface area contributed by atoms with Crippen molar-refractivity contribution >= 4 is 11.8 Å². The van der Waals surface area contributed by atoms with Crippen molar-refractivity contribution < 1.29 is 9.47 Å². The summed E-state index contributed by atoms with van der Waals surface area (Å²) in [4.78, 5) is 0. The van der Waals surface area contributed by atoms with Crippen LogP contribution in [-0.2, 0) is 17.3 Å². The fraction of sp³-hybridized carbons (Fsp3) is 0.538. The highest BCUT2D eigenvalue weighted by Crippen LogP contribution is 2.49. The molecule has 4 rings (SSSR count). The molecule has 0 aromatic heterocycles. The molecule has 3 nitrogen and oxygen atoms in total. The Balaban J connectivity index is 1.85. The number of fused-ring (bicyclic) bond motifs is 1. The quantitative estimate of drug-likeness (QED) is 0.644. The molecule has 0 saturated carbocycles. The highest BCUT2D eigenvalue weighted by atomic mass is 32.2. The molecule has 1 fully saturated rings. The van der Waals surface area contributed by atoms with Gasteiger partial charge in [0.1, 0.15) is 11.5 Å². The third-order valence-corrected chi connectivity index (χ3v) is 8.18. The number of thioether (sulfide) groups is 1. The van der Waals surface area contributed by atoms with E-state index in [1.54, 1.807) is 14.2 Å². The van der Waals surface area contributed by atoms with Gasteiger partial charge in [0, 0.05) is 17.7 Å². The minimum absolute atomic E-state index is 0.172. The molecule has 0 amide bonds. The van der Waals surface area contributed by atoms with Gasteiger partial charge in [-0.3, -0.25) is 0 Å². The molecule has 2 aromatic carbocycles. The maximum absolute atomic E-state index is 6.01. The van der Waals surface area contributed by atoms with Gasteiger partial charge in [0.2, 0.25) is 0 Å². The van der Waals surface area contributed by atoms with Crippen LogP contribution in [0, 0.1) is 0 Å². The average molecular weight is 426 g/mol. The van der Waals surface area contributed by atoms with Crippen LogP contribution in [0.3, 0.4) is 0 Å². The zero-order valence-electron chi connectivity index (χ0n) is 19.2. The predicted molar refractivity (Wildman–Crippen MR) is 128 cm³/mol. The van der Waals surface area contributed by atoms with Crippen molar-refractivity contribution in [3.63, 3.8) is 0 Å². The van der Waals surface area contributed by atoms with Gasteiger partial charge in [-0.2, -0.15) is 0 Å². The molecule has 0 radical (unpaired) electrons. The number of hydrogen-bond donors (Lipinski definition) is 1. The van der Waals surface area contributed by atoms with Crippen molar-refractivity contribution in [1.82, 2.24) is 5.32 Å². The Hall–Kier alpha value is -1.65. The highest BCUT2D eigenvalue weighted by molar-refractivity contribution is 8.00. The standard InChI is InChI=1S/C26H35NO2S/c1-25(2)11-12-26(3,4)21-14-17(7-9-20(21)25)23-22(28-5)10-8-18(24(23)29-6)13-19-15-27-16-30-19/h7-10,14,19,27H,11-13,15-16H2,1-6H3. The first-order chi connectivity index (χ1) is 14.3. The second kappa shape index (κ2) is 8.12. The molecule has 2 aromatic rings. The highest BCUT2D eigenvalue weighted by Gasteiger charge is 2.37. The molecule has 1 heterocycles. The lowest BCUT2D eigenvalue weighted by molar-refractivity contribution is 0.332. The van der Waals surface area contributed by atoms with E-state index in [1.165, 1.54) is 35.1 Å². The molecule has 4 heteroatoms. The van der Waals surface area contributed by atoms with Gasteiger partial charge in [0.05, 0.1) is 19.8 Å². The van der Waals surface area contributed by atoms with Crippen LogP contribution in [0.2, 0.25) is 0 Å². The van der Waals surface area contributed by atoms with Crippen LogP contribution in [0.25, 0.3) is 11.1 Å². The largest absolute Gasteiger partial charge is 0.496 e. The fourth-order valence-corrected chi connectivity index (χ4v) is 6.03. The minimum Gasteiger partial charge on any atom is -0.496 e. The summed E-state index contributed by atoms with van der Waals surface area (Å²) in [5.74, 6) is 2.86. The van der Waals surface area contributed by atoms with E-state index in [2.05, 4.69) is 63.3 Å². The van der Waals surface area contributed by atoms with Crippen LogP contribution >= 0.6 is 11.8 Å². The van der Waals surface area contributed by atoms with Gasteiger partial charge in [0.15, 0.2) is 0 Å². The third kappa shape index (κ3) is 3.85. The molecule has 1 aliphatic carbocycles. The number of rotatable bonds is 5. The molecule has 2 aliphatic rings. The van der Waals surface area contributed by atoms with E-state index >= 15 is 0 Å². The van der Waals surface area contributed by atoms with Gasteiger partial charge >= 0.3 is 0 Å². The summed E-state index contributed by atoms with van der Waals surface area (Å²) in [6, 6.07) is 11.3. The van der Waals surface area contributed by atoms with Crippen LogP contribution in [0.5, 0.6) is 11.5 Å². The van der Waals surface area contributed by atoms with E-state index in [4.69, 9.17) is 9.47 Å². The van der Waals surface area contributed by atoms with Crippen LogP contribution in [0.4, 0.5) is 0 Å². The fourth-order valence-electron chi connectivity index (χ4n) is 5.02. The topological polar surface area (TPSA) is 30.5 Å². The maximum Gasteiger partial charge on any atom is 0.133 e. The van der Waals surface area contributed by atoms with Crippen molar-refractivity contribution in [3.05, 3.63) is 47.0 Å². The molecule has 0 spiro atoms. The molecule has 0 bridgehead atoms. The summed E-state index contributed by atoms with van der Waals surface area (Å²) in [6.45, 7) is 10.5. The molecule has 1 saturated heterocycles. The first kappa shape index (κ1) is 21.6. The number of nitrogens with one attached hydrogen (secondary N) is 1. The molecule has 30 heavy (non-hydrogen) atoms. The Morgan fingerprint density at radius 1 is 0.967 bits per heavy atom.